The summed E-state index contributed by atoms with van der Waals surface area (Å²) >= 11 is 1.77. The molecule has 4 aromatic rings. The maximum absolute atomic E-state index is 12.6. The van der Waals surface area contributed by atoms with Gasteiger partial charge in [0.2, 0.25) is 17.6 Å². The summed E-state index contributed by atoms with van der Waals surface area (Å²) in [7, 11) is 0. The van der Waals surface area contributed by atoms with Crippen LogP contribution in [-0.4, -0.2) is 44.0 Å². The lowest BCUT2D eigenvalue weighted by molar-refractivity contribution is -0.132. The number of nitrogens with zero attached hydrogens (tertiary/aromatic N) is 5. The van der Waals surface area contributed by atoms with Gasteiger partial charge in [-0.15, -0.1) is 11.3 Å². The molecule has 1 aliphatic rings. The van der Waals surface area contributed by atoms with E-state index in [1.165, 1.54) is 9.71 Å². The molecule has 30 heavy (non-hydrogen) atoms. The molecular weight excluding hydrogens is 398 g/mol. The summed E-state index contributed by atoms with van der Waals surface area (Å²) in [5.74, 6) is 1.49. The molecule has 1 aromatic carbocycles. The van der Waals surface area contributed by atoms with Crippen LogP contribution in [0.15, 0.2) is 53.2 Å². The van der Waals surface area contributed by atoms with Crippen LogP contribution < -0.4 is 0 Å². The van der Waals surface area contributed by atoms with Crippen LogP contribution in [0, 0.1) is 0 Å². The summed E-state index contributed by atoms with van der Waals surface area (Å²) in [4.78, 5) is 27.9. The fraction of sp³-hybridized carbons (Fsp3) is 0.318. The molecule has 0 atom stereocenters. The number of likely N-dealkylation sites (tertiary alicyclic amines) is 1. The van der Waals surface area contributed by atoms with Crippen LogP contribution >= 0.6 is 11.3 Å². The molecule has 3 aromatic heterocycles. The fourth-order valence-corrected chi connectivity index (χ4v) is 4.90. The molecule has 0 saturated carbocycles. The number of pyridine rings is 1. The zero-order valence-electron chi connectivity index (χ0n) is 16.4. The number of para-hydroxylation sites is 1. The number of rotatable bonds is 5. The first-order chi connectivity index (χ1) is 14.8. The Morgan fingerprint density at radius 1 is 1.10 bits per heavy atom. The predicted octanol–water partition coefficient (Wildman–Crippen LogP) is 4.08. The van der Waals surface area contributed by atoms with Gasteiger partial charge in [0.1, 0.15) is 5.69 Å². The molecule has 7 nitrogen and oxygen atoms in total. The summed E-state index contributed by atoms with van der Waals surface area (Å²) in [6, 6.07) is 13.8. The van der Waals surface area contributed by atoms with Crippen molar-refractivity contribution in [3.05, 3.63) is 59.6 Å². The van der Waals surface area contributed by atoms with Gasteiger partial charge in [0, 0.05) is 38.0 Å². The molecule has 1 fully saturated rings. The molecule has 152 valence electrons. The minimum absolute atomic E-state index is 0.135. The molecule has 0 bridgehead atoms. The van der Waals surface area contributed by atoms with Crippen LogP contribution in [0.1, 0.15) is 36.1 Å². The number of aryl methyl sites for hydroxylation is 1. The summed E-state index contributed by atoms with van der Waals surface area (Å²) in [6.07, 6.45) is 4.41. The first-order valence-electron chi connectivity index (χ1n) is 10.1. The topological polar surface area (TPSA) is 85.0 Å². The van der Waals surface area contributed by atoms with Crippen molar-refractivity contribution in [2.75, 3.05) is 13.1 Å². The van der Waals surface area contributed by atoms with Gasteiger partial charge >= 0.3 is 0 Å². The summed E-state index contributed by atoms with van der Waals surface area (Å²) < 4.78 is 6.51. The van der Waals surface area contributed by atoms with E-state index >= 15 is 0 Å². The zero-order valence-corrected chi connectivity index (χ0v) is 17.2. The second kappa shape index (κ2) is 8.31. The smallest absolute Gasteiger partial charge is 0.227 e. The fourth-order valence-electron chi connectivity index (χ4n) is 3.77. The van der Waals surface area contributed by atoms with E-state index < -0.39 is 0 Å². The molecular formula is C22H21N5O2S. The van der Waals surface area contributed by atoms with Crippen molar-refractivity contribution in [2.45, 2.75) is 31.6 Å². The third-order valence-electron chi connectivity index (χ3n) is 5.42. The van der Waals surface area contributed by atoms with Gasteiger partial charge in [-0.1, -0.05) is 23.4 Å². The quantitative estimate of drug-likeness (QED) is 0.485. The Morgan fingerprint density at radius 2 is 1.93 bits per heavy atom. The third kappa shape index (κ3) is 3.95. The molecule has 0 unspecified atom stereocenters. The highest BCUT2D eigenvalue weighted by atomic mass is 32.1. The number of hydrogen-bond donors (Lipinski definition) is 0. The minimum atomic E-state index is 0.135. The number of fused-ring (bicyclic) bond motifs is 1. The number of carbonyl (C=O) groups excluding carboxylic acids is 1. The molecule has 0 radical (unpaired) electrons. The number of benzene rings is 1. The molecule has 1 amide bonds. The number of amides is 1. The zero-order chi connectivity index (χ0) is 20.3. The first kappa shape index (κ1) is 18.9. The Morgan fingerprint density at radius 3 is 2.73 bits per heavy atom. The van der Waals surface area contributed by atoms with Crippen molar-refractivity contribution >= 4 is 27.5 Å². The molecule has 1 saturated heterocycles. The van der Waals surface area contributed by atoms with Gasteiger partial charge in [0.25, 0.3) is 0 Å². The van der Waals surface area contributed by atoms with Crippen molar-refractivity contribution in [3.63, 3.8) is 0 Å². The number of hydrogen-bond acceptors (Lipinski definition) is 7. The number of carbonyl (C=O) groups is 1. The van der Waals surface area contributed by atoms with Gasteiger partial charge in [-0.05, 0) is 37.1 Å². The summed E-state index contributed by atoms with van der Waals surface area (Å²) in [6.45, 7) is 1.53. The molecule has 0 spiro atoms. The lowest BCUT2D eigenvalue weighted by atomic mass is 9.97. The van der Waals surface area contributed by atoms with Gasteiger partial charge in [-0.3, -0.25) is 9.78 Å². The highest BCUT2D eigenvalue weighted by Crippen LogP contribution is 2.33. The van der Waals surface area contributed by atoms with E-state index in [1.54, 1.807) is 17.5 Å². The van der Waals surface area contributed by atoms with E-state index in [1.807, 2.05) is 35.2 Å². The third-order valence-corrected chi connectivity index (χ3v) is 6.62. The lowest BCUT2D eigenvalue weighted by Gasteiger charge is -2.31. The maximum Gasteiger partial charge on any atom is 0.227 e. The van der Waals surface area contributed by atoms with Crippen LogP contribution in [0.25, 0.3) is 21.7 Å². The van der Waals surface area contributed by atoms with Crippen molar-refractivity contribution in [2.24, 2.45) is 0 Å². The molecule has 4 heterocycles. The standard InChI is InChI=1S/C22H21N5O2S/c28-20(9-8-19-25-21(26-29-19)17-6-3-4-12-23-17)27-13-10-15(11-14-27)22-24-16-5-1-2-7-18(16)30-22/h1-7,12,15H,8-11,13-14H2. The van der Waals surface area contributed by atoms with E-state index in [-0.39, 0.29) is 5.91 Å². The highest BCUT2D eigenvalue weighted by Gasteiger charge is 2.26. The van der Waals surface area contributed by atoms with Gasteiger partial charge in [0.05, 0.1) is 15.2 Å². The second-order valence-corrected chi connectivity index (χ2v) is 8.46. The van der Waals surface area contributed by atoms with E-state index in [0.29, 0.717) is 36.2 Å². The number of piperidine rings is 1. The van der Waals surface area contributed by atoms with Crippen LogP contribution in [0.5, 0.6) is 0 Å². The average molecular weight is 420 g/mol. The largest absolute Gasteiger partial charge is 0.343 e. The van der Waals surface area contributed by atoms with Crippen LogP contribution in [-0.2, 0) is 11.2 Å². The van der Waals surface area contributed by atoms with Crippen molar-refractivity contribution < 1.29 is 9.32 Å². The molecule has 8 heteroatoms. The molecule has 0 N–H and O–H groups in total. The average Bonchev–Trinajstić information content (AvgIpc) is 3.45. The monoisotopic (exact) mass is 419 g/mol. The van der Waals surface area contributed by atoms with Gasteiger partial charge in [-0.2, -0.15) is 4.98 Å². The van der Waals surface area contributed by atoms with E-state index in [4.69, 9.17) is 9.51 Å². The molecule has 1 aliphatic heterocycles. The van der Waals surface area contributed by atoms with Crippen LogP contribution in [0.2, 0.25) is 0 Å². The Kier molecular flexibility index (Phi) is 5.23. The van der Waals surface area contributed by atoms with Crippen molar-refractivity contribution in [1.82, 2.24) is 25.0 Å². The number of thiazole rings is 1. The lowest BCUT2D eigenvalue weighted by Crippen LogP contribution is -2.38. The van der Waals surface area contributed by atoms with E-state index in [2.05, 4.69) is 27.3 Å². The minimum Gasteiger partial charge on any atom is -0.343 e. The Labute approximate surface area is 177 Å². The van der Waals surface area contributed by atoms with Crippen LogP contribution in [0.4, 0.5) is 0 Å². The van der Waals surface area contributed by atoms with Crippen molar-refractivity contribution in [3.8, 4) is 11.5 Å². The summed E-state index contributed by atoms with van der Waals surface area (Å²) in [5.41, 5.74) is 1.73. The Balaban J connectivity index is 1.14. The maximum atomic E-state index is 12.6. The summed E-state index contributed by atoms with van der Waals surface area (Å²) in [5, 5.41) is 5.15. The van der Waals surface area contributed by atoms with Crippen molar-refractivity contribution in [1.29, 1.82) is 0 Å². The molecule has 5 rings (SSSR count). The normalized spacial score (nSPS) is 15.0. The van der Waals surface area contributed by atoms with Crippen LogP contribution in [0.3, 0.4) is 0 Å². The Bertz CT molecular complexity index is 1120. The van der Waals surface area contributed by atoms with E-state index in [0.717, 1.165) is 31.4 Å². The molecule has 0 aliphatic carbocycles. The number of aromatic nitrogens is 4. The second-order valence-electron chi connectivity index (χ2n) is 7.40. The predicted molar refractivity (Wildman–Crippen MR) is 114 cm³/mol. The first-order valence-corrected chi connectivity index (χ1v) is 10.9. The van der Waals surface area contributed by atoms with E-state index in [9.17, 15) is 4.79 Å². The van der Waals surface area contributed by atoms with Gasteiger partial charge < -0.3 is 9.42 Å². The highest BCUT2D eigenvalue weighted by molar-refractivity contribution is 7.18. The van der Waals surface area contributed by atoms with Gasteiger partial charge in [-0.25, -0.2) is 4.98 Å². The Hall–Kier alpha value is -3.13. The van der Waals surface area contributed by atoms with Gasteiger partial charge in [0.15, 0.2) is 0 Å². The SMILES string of the molecule is O=C(CCc1nc(-c2ccccn2)no1)N1CCC(c2nc3ccccc3s2)CC1.